The summed E-state index contributed by atoms with van der Waals surface area (Å²) >= 11 is 0. The molecule has 162 valence electrons. The van der Waals surface area contributed by atoms with E-state index in [0.29, 0.717) is 12.5 Å². The fourth-order valence-corrected chi connectivity index (χ4v) is 4.22. The zero-order chi connectivity index (χ0) is 21.8. The van der Waals surface area contributed by atoms with E-state index in [2.05, 4.69) is 89.9 Å². The number of pyridine rings is 1. The van der Waals surface area contributed by atoms with Crippen molar-refractivity contribution >= 4 is 0 Å². The lowest BCUT2D eigenvalue weighted by molar-refractivity contribution is 0.302. The Balaban J connectivity index is 1.39. The molecule has 0 aliphatic carbocycles. The molecular formula is C30H31NO. The summed E-state index contributed by atoms with van der Waals surface area (Å²) in [6.45, 7) is 0.602. The molecule has 0 saturated heterocycles. The van der Waals surface area contributed by atoms with Crippen LogP contribution in [-0.2, 0) is 19.4 Å². The van der Waals surface area contributed by atoms with Crippen LogP contribution in [0.25, 0.3) is 0 Å². The molecule has 1 atom stereocenters. The van der Waals surface area contributed by atoms with Gasteiger partial charge in [0.1, 0.15) is 12.4 Å². The smallest absolute Gasteiger partial charge is 0.122 e. The normalized spacial score (nSPS) is 11.8. The zero-order valence-corrected chi connectivity index (χ0v) is 18.6. The number of hydrogen-bond acceptors (Lipinski definition) is 2. The van der Waals surface area contributed by atoms with Gasteiger partial charge in [0.2, 0.25) is 0 Å². The Kier molecular flexibility index (Phi) is 8.09. The van der Waals surface area contributed by atoms with Gasteiger partial charge in [0.25, 0.3) is 0 Å². The Hall–Kier alpha value is -3.39. The van der Waals surface area contributed by atoms with Gasteiger partial charge in [-0.1, -0.05) is 84.9 Å². The van der Waals surface area contributed by atoms with Crippen LogP contribution < -0.4 is 4.74 Å². The maximum absolute atomic E-state index is 6.19. The predicted molar refractivity (Wildman–Crippen MR) is 132 cm³/mol. The van der Waals surface area contributed by atoms with Crippen molar-refractivity contribution in [3.63, 3.8) is 0 Å². The van der Waals surface area contributed by atoms with E-state index < -0.39 is 0 Å². The molecule has 3 aromatic carbocycles. The van der Waals surface area contributed by atoms with Crippen LogP contribution in [0.4, 0.5) is 0 Å². The lowest BCUT2D eigenvalue weighted by atomic mass is 9.87. The molecule has 0 aliphatic heterocycles. The molecule has 2 nitrogen and oxygen atoms in total. The Morgan fingerprint density at radius 3 is 2.16 bits per heavy atom. The molecule has 4 aromatic rings. The third kappa shape index (κ3) is 6.55. The lowest BCUT2D eigenvalue weighted by Gasteiger charge is -2.19. The van der Waals surface area contributed by atoms with Crippen molar-refractivity contribution in [1.29, 1.82) is 0 Å². The first kappa shape index (κ1) is 21.8. The van der Waals surface area contributed by atoms with Gasteiger partial charge in [-0.25, -0.2) is 0 Å². The maximum atomic E-state index is 6.19. The van der Waals surface area contributed by atoms with Crippen LogP contribution >= 0.6 is 0 Å². The van der Waals surface area contributed by atoms with Gasteiger partial charge in [0.15, 0.2) is 0 Å². The number of benzene rings is 3. The number of ether oxygens (including phenoxy) is 1. The van der Waals surface area contributed by atoms with Crippen LogP contribution in [-0.4, -0.2) is 4.98 Å². The average molecular weight is 422 g/mol. The minimum absolute atomic E-state index is 0.537. The molecular weight excluding hydrogens is 390 g/mol. The second-order valence-electron chi connectivity index (χ2n) is 8.28. The van der Waals surface area contributed by atoms with Crippen LogP contribution in [0.5, 0.6) is 5.75 Å². The summed E-state index contributed by atoms with van der Waals surface area (Å²) in [5.74, 6) is 1.54. The molecule has 1 unspecified atom stereocenters. The Morgan fingerprint density at radius 1 is 0.656 bits per heavy atom. The summed E-state index contributed by atoms with van der Waals surface area (Å²) in [5.41, 5.74) is 5.23. The molecule has 0 bridgehead atoms. The van der Waals surface area contributed by atoms with Crippen LogP contribution in [0.2, 0.25) is 0 Å². The van der Waals surface area contributed by atoms with Crippen LogP contribution in [0.3, 0.4) is 0 Å². The molecule has 0 saturated carbocycles. The first-order valence-electron chi connectivity index (χ1n) is 11.6. The van der Waals surface area contributed by atoms with Gasteiger partial charge in [0.05, 0.1) is 0 Å². The second kappa shape index (κ2) is 11.9. The number of nitrogens with zero attached hydrogens (tertiary/aromatic N) is 1. The zero-order valence-electron chi connectivity index (χ0n) is 18.6. The van der Waals surface area contributed by atoms with E-state index in [9.17, 15) is 0 Å². The Bertz CT molecular complexity index is 1050. The predicted octanol–water partition coefficient (Wildman–Crippen LogP) is 7.40. The van der Waals surface area contributed by atoms with Crippen molar-refractivity contribution in [3.8, 4) is 5.75 Å². The average Bonchev–Trinajstić information content (AvgIpc) is 2.87. The molecule has 0 fully saturated rings. The highest BCUT2D eigenvalue weighted by Crippen LogP contribution is 2.30. The van der Waals surface area contributed by atoms with Gasteiger partial charge in [-0.3, -0.25) is 4.98 Å². The molecule has 1 aromatic heterocycles. The van der Waals surface area contributed by atoms with Gasteiger partial charge in [-0.2, -0.15) is 0 Å². The summed E-state index contributed by atoms with van der Waals surface area (Å²) in [7, 11) is 0. The van der Waals surface area contributed by atoms with Crippen molar-refractivity contribution in [1.82, 2.24) is 4.98 Å². The summed E-state index contributed by atoms with van der Waals surface area (Å²) < 4.78 is 6.19. The molecule has 0 spiro atoms. The minimum Gasteiger partial charge on any atom is -0.489 e. The van der Waals surface area contributed by atoms with Crippen LogP contribution in [0.1, 0.15) is 47.4 Å². The molecule has 0 amide bonds. The first-order chi connectivity index (χ1) is 15.9. The maximum Gasteiger partial charge on any atom is 0.122 e. The molecule has 32 heavy (non-hydrogen) atoms. The van der Waals surface area contributed by atoms with Gasteiger partial charge < -0.3 is 4.74 Å². The van der Waals surface area contributed by atoms with E-state index in [1.54, 1.807) is 0 Å². The summed E-state index contributed by atoms with van der Waals surface area (Å²) in [5, 5.41) is 0. The van der Waals surface area contributed by atoms with Crippen molar-refractivity contribution in [2.24, 2.45) is 0 Å². The number of hydrogen-bond donors (Lipinski definition) is 0. The molecule has 0 radical (unpaired) electrons. The topological polar surface area (TPSA) is 22.1 Å². The first-order valence-corrected chi connectivity index (χ1v) is 11.6. The highest BCUT2D eigenvalue weighted by molar-refractivity contribution is 5.34. The monoisotopic (exact) mass is 421 g/mol. The molecule has 0 N–H and O–H groups in total. The highest BCUT2D eigenvalue weighted by atomic mass is 16.5. The third-order valence-corrected chi connectivity index (χ3v) is 5.98. The molecule has 2 heteroatoms. The summed E-state index contributed by atoms with van der Waals surface area (Å²) in [6, 6.07) is 34.0. The van der Waals surface area contributed by atoms with Gasteiger partial charge in [0, 0.05) is 12.4 Å². The van der Waals surface area contributed by atoms with E-state index in [0.717, 1.165) is 31.4 Å². The summed E-state index contributed by atoms with van der Waals surface area (Å²) in [4.78, 5) is 4.25. The van der Waals surface area contributed by atoms with Gasteiger partial charge >= 0.3 is 0 Å². The third-order valence-electron chi connectivity index (χ3n) is 5.98. The molecule has 4 rings (SSSR count). The number of para-hydroxylation sites is 1. The standard InChI is InChI=1S/C30H31NO/c1-3-11-26(12-4-1)24-32-30-19-8-7-17-29(30)21-20-28(27-15-5-2-6-16-27)18-9-13-25-14-10-22-31-23-25/h1-8,10-12,14-17,19,22-23,28H,9,13,18,20-21,24H2. The Labute approximate surface area is 191 Å². The minimum atomic E-state index is 0.537. The Morgan fingerprint density at radius 2 is 1.38 bits per heavy atom. The van der Waals surface area contributed by atoms with Crippen molar-refractivity contribution in [2.75, 3.05) is 0 Å². The van der Waals surface area contributed by atoms with E-state index in [1.165, 1.54) is 28.7 Å². The fraction of sp³-hybridized carbons (Fsp3) is 0.233. The summed E-state index contributed by atoms with van der Waals surface area (Å²) in [6.07, 6.45) is 9.36. The SMILES string of the molecule is c1ccc(COc2ccccc2CCC(CCCc2cccnc2)c2ccccc2)cc1. The number of rotatable bonds is 11. The number of aryl methyl sites for hydroxylation is 2. The fourth-order valence-electron chi connectivity index (χ4n) is 4.22. The highest BCUT2D eigenvalue weighted by Gasteiger charge is 2.13. The van der Waals surface area contributed by atoms with E-state index in [4.69, 9.17) is 4.74 Å². The quantitative estimate of drug-likeness (QED) is 0.252. The van der Waals surface area contributed by atoms with E-state index in [1.807, 2.05) is 24.5 Å². The van der Waals surface area contributed by atoms with Gasteiger partial charge in [-0.05, 0) is 72.4 Å². The molecule has 0 aliphatic rings. The van der Waals surface area contributed by atoms with Crippen LogP contribution in [0.15, 0.2) is 109 Å². The van der Waals surface area contributed by atoms with Crippen molar-refractivity contribution < 1.29 is 4.74 Å². The largest absolute Gasteiger partial charge is 0.489 e. The van der Waals surface area contributed by atoms with Crippen molar-refractivity contribution in [2.45, 2.75) is 44.6 Å². The van der Waals surface area contributed by atoms with E-state index >= 15 is 0 Å². The van der Waals surface area contributed by atoms with Crippen molar-refractivity contribution in [3.05, 3.63) is 132 Å². The number of aromatic nitrogens is 1. The molecule has 1 heterocycles. The van der Waals surface area contributed by atoms with Gasteiger partial charge in [-0.15, -0.1) is 0 Å². The second-order valence-corrected chi connectivity index (χ2v) is 8.28. The van der Waals surface area contributed by atoms with Crippen LogP contribution in [0, 0.1) is 0 Å². The lowest BCUT2D eigenvalue weighted by Crippen LogP contribution is -2.04. The van der Waals surface area contributed by atoms with E-state index in [-0.39, 0.29) is 0 Å².